The Morgan fingerprint density at radius 2 is 1.76 bits per heavy atom. The van der Waals surface area contributed by atoms with Crippen molar-refractivity contribution in [1.82, 2.24) is 25.3 Å². The highest BCUT2D eigenvalue weighted by Gasteiger charge is 2.20. The van der Waals surface area contributed by atoms with Crippen LogP contribution in [0.2, 0.25) is 0 Å². The molecule has 3 aromatic carbocycles. The van der Waals surface area contributed by atoms with E-state index in [1.54, 1.807) is 31.4 Å². The van der Waals surface area contributed by atoms with Gasteiger partial charge in [-0.25, -0.2) is 4.68 Å². The van der Waals surface area contributed by atoms with E-state index in [0.717, 1.165) is 32.5 Å². The van der Waals surface area contributed by atoms with Crippen molar-refractivity contribution in [2.75, 3.05) is 13.7 Å². The lowest BCUT2D eigenvalue weighted by Gasteiger charge is -2.19. The van der Waals surface area contributed by atoms with Crippen LogP contribution in [0, 0.1) is 0 Å². The van der Waals surface area contributed by atoms with E-state index >= 15 is 0 Å². The number of H-pyrrole nitrogens is 1. The number of rotatable bonds is 7. The minimum absolute atomic E-state index is 0.106. The molecule has 0 saturated heterocycles. The average molecular weight is 454 g/mol. The van der Waals surface area contributed by atoms with Crippen LogP contribution < -0.4 is 15.6 Å². The van der Waals surface area contributed by atoms with Crippen LogP contribution in [0.3, 0.4) is 0 Å². The van der Waals surface area contributed by atoms with Gasteiger partial charge < -0.3 is 15.0 Å². The summed E-state index contributed by atoms with van der Waals surface area (Å²) in [7, 11) is 1.63. The highest BCUT2D eigenvalue weighted by atomic mass is 16.5. The molecular weight excluding hydrogens is 430 g/mol. The molecule has 34 heavy (non-hydrogen) atoms. The summed E-state index contributed by atoms with van der Waals surface area (Å²) in [6.07, 6.45) is 1.98. The standard InChI is InChI=1S/C26H23N5O3/c1-34-18-12-10-17(11-13-18)21(22-15-27-23-8-4-2-6-19(22)23)14-28-25(32)16-31-26(33)20-7-3-5-9-24(20)29-30-31/h2-13,15,21,27H,14,16H2,1H3,(H,28,32). The second-order valence-electron chi connectivity index (χ2n) is 7.99. The summed E-state index contributed by atoms with van der Waals surface area (Å²) in [4.78, 5) is 28.8. The van der Waals surface area contributed by atoms with E-state index in [1.165, 1.54) is 0 Å². The molecule has 2 heterocycles. The number of carbonyl (C=O) groups is 1. The Morgan fingerprint density at radius 1 is 1.03 bits per heavy atom. The maximum atomic E-state index is 12.8. The predicted octanol–water partition coefficient (Wildman–Crippen LogP) is 3.23. The maximum Gasteiger partial charge on any atom is 0.278 e. The predicted molar refractivity (Wildman–Crippen MR) is 130 cm³/mol. The van der Waals surface area contributed by atoms with Gasteiger partial charge in [0.25, 0.3) is 5.56 Å². The fraction of sp³-hybridized carbons (Fsp3) is 0.154. The van der Waals surface area contributed by atoms with Crippen LogP contribution in [-0.4, -0.2) is 39.5 Å². The quantitative estimate of drug-likeness (QED) is 0.394. The van der Waals surface area contributed by atoms with Crippen LogP contribution in [-0.2, 0) is 11.3 Å². The smallest absolute Gasteiger partial charge is 0.278 e. The van der Waals surface area contributed by atoms with Crippen LogP contribution in [0.1, 0.15) is 17.0 Å². The van der Waals surface area contributed by atoms with Gasteiger partial charge in [-0.3, -0.25) is 9.59 Å². The van der Waals surface area contributed by atoms with E-state index in [2.05, 4.69) is 26.7 Å². The summed E-state index contributed by atoms with van der Waals surface area (Å²) < 4.78 is 6.38. The van der Waals surface area contributed by atoms with Crippen LogP contribution in [0.25, 0.3) is 21.8 Å². The summed E-state index contributed by atoms with van der Waals surface area (Å²) in [5.41, 5.74) is 3.30. The Balaban J connectivity index is 1.40. The number of amides is 1. The Kier molecular flexibility index (Phi) is 5.78. The summed E-state index contributed by atoms with van der Waals surface area (Å²) in [5, 5.41) is 12.5. The van der Waals surface area contributed by atoms with Crippen LogP contribution in [0.15, 0.2) is 83.8 Å². The second-order valence-corrected chi connectivity index (χ2v) is 7.99. The van der Waals surface area contributed by atoms with E-state index in [9.17, 15) is 9.59 Å². The molecule has 0 aliphatic rings. The van der Waals surface area contributed by atoms with Crippen molar-refractivity contribution in [3.8, 4) is 5.75 Å². The number of methoxy groups -OCH3 is 1. The molecule has 0 bridgehead atoms. The molecule has 0 saturated carbocycles. The highest BCUT2D eigenvalue weighted by molar-refractivity contribution is 5.84. The van der Waals surface area contributed by atoms with Gasteiger partial charge in [-0.05, 0) is 41.5 Å². The number of nitrogens with zero attached hydrogens (tertiary/aromatic N) is 3. The van der Waals surface area contributed by atoms with Crippen LogP contribution in [0.4, 0.5) is 0 Å². The van der Waals surface area contributed by atoms with Crippen molar-refractivity contribution in [3.63, 3.8) is 0 Å². The Morgan fingerprint density at radius 3 is 2.56 bits per heavy atom. The molecule has 1 unspecified atom stereocenters. The van der Waals surface area contributed by atoms with Gasteiger partial charge >= 0.3 is 0 Å². The molecule has 0 spiro atoms. The number of benzene rings is 3. The van der Waals surface area contributed by atoms with Gasteiger partial charge in [0.2, 0.25) is 5.91 Å². The molecule has 0 fully saturated rings. The van der Waals surface area contributed by atoms with E-state index in [-0.39, 0.29) is 23.9 Å². The van der Waals surface area contributed by atoms with Crippen molar-refractivity contribution in [3.05, 3.63) is 100 Å². The van der Waals surface area contributed by atoms with Gasteiger partial charge in [0, 0.05) is 29.6 Å². The lowest BCUT2D eigenvalue weighted by Crippen LogP contribution is -2.36. The van der Waals surface area contributed by atoms with Gasteiger partial charge in [-0.15, -0.1) is 5.10 Å². The van der Waals surface area contributed by atoms with Crippen molar-refractivity contribution in [2.45, 2.75) is 12.5 Å². The summed E-state index contributed by atoms with van der Waals surface area (Å²) in [6.45, 7) is 0.142. The molecule has 8 nitrogen and oxygen atoms in total. The minimum Gasteiger partial charge on any atom is -0.497 e. The number of ether oxygens (including phenoxy) is 1. The minimum atomic E-state index is -0.343. The third-order valence-corrected chi connectivity index (χ3v) is 5.94. The number of nitrogens with one attached hydrogen (secondary N) is 2. The van der Waals surface area contributed by atoms with Gasteiger partial charge in [0.05, 0.1) is 12.5 Å². The topological polar surface area (TPSA) is 102 Å². The number of hydrogen-bond donors (Lipinski definition) is 2. The first kappa shape index (κ1) is 21.4. The van der Waals surface area contributed by atoms with Crippen molar-refractivity contribution >= 4 is 27.7 Å². The highest BCUT2D eigenvalue weighted by Crippen LogP contribution is 2.31. The summed E-state index contributed by atoms with van der Waals surface area (Å²) in [5.74, 6) is 0.343. The van der Waals surface area contributed by atoms with Crippen molar-refractivity contribution in [1.29, 1.82) is 0 Å². The number of aromatic nitrogens is 4. The Bertz CT molecular complexity index is 1520. The Hall–Kier alpha value is -4.46. The third kappa shape index (κ3) is 4.13. The molecule has 0 aliphatic carbocycles. The molecule has 0 aliphatic heterocycles. The zero-order valence-corrected chi connectivity index (χ0v) is 18.6. The first-order valence-electron chi connectivity index (χ1n) is 10.9. The fourth-order valence-corrected chi connectivity index (χ4v) is 4.16. The molecule has 1 amide bonds. The second kappa shape index (κ2) is 9.19. The number of carbonyl (C=O) groups excluding carboxylic acids is 1. The lowest BCUT2D eigenvalue weighted by atomic mass is 9.91. The number of aromatic amines is 1. The maximum absolute atomic E-state index is 12.8. The molecule has 1 atom stereocenters. The molecule has 170 valence electrons. The zero-order chi connectivity index (χ0) is 23.5. The largest absolute Gasteiger partial charge is 0.497 e. The molecule has 0 radical (unpaired) electrons. The monoisotopic (exact) mass is 453 g/mol. The Labute approximate surface area is 195 Å². The molecule has 5 aromatic rings. The summed E-state index contributed by atoms with van der Waals surface area (Å²) >= 11 is 0. The lowest BCUT2D eigenvalue weighted by molar-refractivity contribution is -0.121. The molecule has 8 heteroatoms. The first-order valence-corrected chi connectivity index (χ1v) is 10.9. The van der Waals surface area contributed by atoms with E-state index in [4.69, 9.17) is 4.74 Å². The normalized spacial score (nSPS) is 12.0. The van der Waals surface area contributed by atoms with Crippen LogP contribution >= 0.6 is 0 Å². The third-order valence-electron chi connectivity index (χ3n) is 5.94. The number of fused-ring (bicyclic) bond motifs is 2. The van der Waals surface area contributed by atoms with Gasteiger partial charge in [-0.1, -0.05) is 47.7 Å². The number of hydrogen-bond acceptors (Lipinski definition) is 5. The van der Waals surface area contributed by atoms with E-state index in [1.807, 2.05) is 48.7 Å². The average Bonchev–Trinajstić information content (AvgIpc) is 3.30. The molecular formula is C26H23N5O3. The summed E-state index contributed by atoms with van der Waals surface area (Å²) in [6, 6.07) is 22.8. The molecule has 5 rings (SSSR count). The SMILES string of the molecule is COc1ccc(C(CNC(=O)Cn2nnc3ccccc3c2=O)c2c[nH]c3ccccc23)cc1. The molecule has 2 N–H and O–H groups in total. The van der Waals surface area contributed by atoms with E-state index in [0.29, 0.717) is 17.4 Å². The molecule has 2 aromatic heterocycles. The van der Waals surface area contributed by atoms with Gasteiger partial charge in [-0.2, -0.15) is 0 Å². The number of para-hydroxylation sites is 1. The zero-order valence-electron chi connectivity index (χ0n) is 18.6. The van der Waals surface area contributed by atoms with Crippen molar-refractivity contribution < 1.29 is 9.53 Å². The van der Waals surface area contributed by atoms with Crippen LogP contribution in [0.5, 0.6) is 5.75 Å². The van der Waals surface area contributed by atoms with Crippen molar-refractivity contribution in [2.24, 2.45) is 0 Å². The fourth-order valence-electron chi connectivity index (χ4n) is 4.16. The first-order chi connectivity index (χ1) is 16.6. The van der Waals surface area contributed by atoms with E-state index < -0.39 is 0 Å². The van der Waals surface area contributed by atoms with Gasteiger partial charge in [0.1, 0.15) is 17.8 Å². The van der Waals surface area contributed by atoms with Gasteiger partial charge in [0.15, 0.2) is 0 Å².